The highest BCUT2D eigenvalue weighted by Crippen LogP contribution is 2.26. The summed E-state index contributed by atoms with van der Waals surface area (Å²) in [5, 5.41) is 9.19. The molecule has 0 aliphatic rings. The molecule has 1 atom stereocenters. The summed E-state index contributed by atoms with van der Waals surface area (Å²) < 4.78 is 11.1. The molecule has 3 rings (SSSR count). The number of rotatable bonds is 11. The molecular weight excluding hydrogens is 400 g/mol. The molecule has 1 unspecified atom stereocenters. The number of thiophene rings is 1. The second kappa shape index (κ2) is 10.8. The zero-order chi connectivity index (χ0) is 21.3. The van der Waals surface area contributed by atoms with E-state index in [2.05, 4.69) is 23.0 Å². The van der Waals surface area contributed by atoms with Crippen LogP contribution in [0, 0.1) is 0 Å². The van der Waals surface area contributed by atoms with Gasteiger partial charge in [0.2, 0.25) is 0 Å². The van der Waals surface area contributed by atoms with Gasteiger partial charge in [0, 0.05) is 36.7 Å². The second-order valence-corrected chi connectivity index (χ2v) is 7.93. The van der Waals surface area contributed by atoms with Crippen molar-refractivity contribution < 1.29 is 19.4 Å². The van der Waals surface area contributed by atoms with Crippen molar-refractivity contribution in [2.75, 3.05) is 13.2 Å². The maximum atomic E-state index is 11.2. The molecule has 0 spiro atoms. The van der Waals surface area contributed by atoms with E-state index in [4.69, 9.17) is 9.47 Å². The van der Waals surface area contributed by atoms with E-state index >= 15 is 0 Å². The van der Waals surface area contributed by atoms with Crippen LogP contribution in [-0.2, 0) is 28.8 Å². The molecule has 7 heteroatoms. The first-order chi connectivity index (χ1) is 14.6. The predicted octanol–water partition coefficient (Wildman–Crippen LogP) is 4.42. The van der Waals surface area contributed by atoms with E-state index in [9.17, 15) is 9.90 Å². The van der Waals surface area contributed by atoms with E-state index in [0.29, 0.717) is 19.6 Å². The molecule has 0 fully saturated rings. The molecule has 0 radical (unpaired) electrons. The third kappa shape index (κ3) is 6.11. The summed E-state index contributed by atoms with van der Waals surface area (Å²) in [5.41, 5.74) is 2.03. The van der Waals surface area contributed by atoms with E-state index in [-0.39, 0.29) is 0 Å². The number of carboxylic acid groups (broad SMARTS) is 1. The quantitative estimate of drug-likeness (QED) is 0.489. The Kier molecular flexibility index (Phi) is 7.93. The lowest BCUT2D eigenvalue weighted by Gasteiger charge is -2.12. The first-order valence-electron chi connectivity index (χ1n) is 10.0. The number of aryl methyl sites for hydroxylation is 1. The van der Waals surface area contributed by atoms with Gasteiger partial charge in [-0.2, -0.15) is 0 Å². The van der Waals surface area contributed by atoms with Gasteiger partial charge in [-0.3, -0.25) is 0 Å². The molecule has 1 aromatic carbocycles. The van der Waals surface area contributed by atoms with Crippen LogP contribution in [0.1, 0.15) is 29.9 Å². The standard InChI is InChI=1S/C23H26N2O4S/c1-3-16-14-24-22(25-15-16)21-10-9-19(30-21)11-12-29-18-7-5-17(6-8-18)13-20(23(26)27)28-4-2/h5-10,14-15,20H,3-4,11-13H2,1-2H3,(H,26,27). The summed E-state index contributed by atoms with van der Waals surface area (Å²) in [6, 6.07) is 11.6. The Morgan fingerprint density at radius 2 is 1.80 bits per heavy atom. The van der Waals surface area contributed by atoms with Crippen molar-refractivity contribution in [3.63, 3.8) is 0 Å². The van der Waals surface area contributed by atoms with Gasteiger partial charge in [0.05, 0.1) is 11.5 Å². The molecule has 158 valence electrons. The number of hydrogen-bond donors (Lipinski definition) is 1. The third-order valence-corrected chi connectivity index (χ3v) is 5.74. The second-order valence-electron chi connectivity index (χ2n) is 6.76. The fourth-order valence-corrected chi connectivity index (χ4v) is 3.86. The maximum absolute atomic E-state index is 11.2. The van der Waals surface area contributed by atoms with Crippen molar-refractivity contribution in [1.82, 2.24) is 9.97 Å². The number of aromatic nitrogens is 2. The predicted molar refractivity (Wildman–Crippen MR) is 117 cm³/mol. The summed E-state index contributed by atoms with van der Waals surface area (Å²) >= 11 is 1.68. The highest BCUT2D eigenvalue weighted by molar-refractivity contribution is 7.15. The van der Waals surface area contributed by atoms with Gasteiger partial charge in [-0.15, -0.1) is 11.3 Å². The van der Waals surface area contributed by atoms with Crippen molar-refractivity contribution in [3.05, 3.63) is 64.8 Å². The molecule has 0 aliphatic heterocycles. The number of aliphatic carboxylic acids is 1. The summed E-state index contributed by atoms with van der Waals surface area (Å²) in [5.74, 6) is 0.572. The Morgan fingerprint density at radius 1 is 1.07 bits per heavy atom. The summed E-state index contributed by atoms with van der Waals surface area (Å²) in [7, 11) is 0. The van der Waals surface area contributed by atoms with Gasteiger partial charge >= 0.3 is 5.97 Å². The van der Waals surface area contributed by atoms with E-state index in [1.54, 1.807) is 18.3 Å². The number of carbonyl (C=O) groups is 1. The molecule has 6 nitrogen and oxygen atoms in total. The number of ether oxygens (including phenoxy) is 2. The van der Waals surface area contributed by atoms with Crippen LogP contribution in [0.25, 0.3) is 10.7 Å². The first kappa shape index (κ1) is 21.9. The van der Waals surface area contributed by atoms with Gasteiger partial charge in [-0.25, -0.2) is 14.8 Å². The largest absolute Gasteiger partial charge is 0.493 e. The normalized spacial score (nSPS) is 11.9. The van der Waals surface area contributed by atoms with Gasteiger partial charge < -0.3 is 14.6 Å². The van der Waals surface area contributed by atoms with Crippen LogP contribution in [0.3, 0.4) is 0 Å². The Bertz CT molecular complexity index is 939. The Balaban J connectivity index is 1.49. The molecule has 0 amide bonds. The average molecular weight is 427 g/mol. The molecule has 0 aliphatic carbocycles. The van der Waals surface area contributed by atoms with Crippen LogP contribution >= 0.6 is 11.3 Å². The van der Waals surface area contributed by atoms with Crippen LogP contribution < -0.4 is 4.74 Å². The van der Waals surface area contributed by atoms with Crippen molar-refractivity contribution in [2.45, 2.75) is 39.2 Å². The van der Waals surface area contributed by atoms with Crippen LogP contribution in [0.15, 0.2) is 48.8 Å². The minimum atomic E-state index is -0.945. The fraction of sp³-hybridized carbons (Fsp3) is 0.348. The van der Waals surface area contributed by atoms with Gasteiger partial charge in [0.1, 0.15) is 5.75 Å². The number of nitrogens with zero attached hydrogens (tertiary/aromatic N) is 2. The topological polar surface area (TPSA) is 81.5 Å². The number of hydrogen-bond acceptors (Lipinski definition) is 6. The molecule has 0 saturated carbocycles. The van der Waals surface area contributed by atoms with Gasteiger partial charge in [0.25, 0.3) is 0 Å². The zero-order valence-corrected chi connectivity index (χ0v) is 18.0. The van der Waals surface area contributed by atoms with E-state index < -0.39 is 12.1 Å². The minimum Gasteiger partial charge on any atom is -0.493 e. The van der Waals surface area contributed by atoms with Crippen molar-refractivity contribution in [1.29, 1.82) is 0 Å². The van der Waals surface area contributed by atoms with Crippen molar-refractivity contribution in [2.24, 2.45) is 0 Å². The Labute approximate surface area is 180 Å². The Hall–Kier alpha value is -2.77. The average Bonchev–Trinajstić information content (AvgIpc) is 3.23. The fourth-order valence-electron chi connectivity index (χ4n) is 2.92. The molecule has 2 aromatic heterocycles. The smallest absolute Gasteiger partial charge is 0.333 e. The highest BCUT2D eigenvalue weighted by Gasteiger charge is 2.17. The lowest BCUT2D eigenvalue weighted by Crippen LogP contribution is -2.26. The Morgan fingerprint density at radius 3 is 2.43 bits per heavy atom. The van der Waals surface area contributed by atoms with Gasteiger partial charge in [-0.1, -0.05) is 19.1 Å². The maximum Gasteiger partial charge on any atom is 0.333 e. The van der Waals surface area contributed by atoms with Crippen LogP contribution in [-0.4, -0.2) is 40.4 Å². The lowest BCUT2D eigenvalue weighted by molar-refractivity contribution is -0.149. The highest BCUT2D eigenvalue weighted by atomic mass is 32.1. The SMILES string of the molecule is CCOC(Cc1ccc(OCCc2ccc(-c3ncc(CC)cn3)s2)cc1)C(=O)O. The number of carboxylic acids is 1. The summed E-state index contributed by atoms with van der Waals surface area (Å²) in [6.45, 7) is 4.81. The van der Waals surface area contributed by atoms with Crippen molar-refractivity contribution in [3.8, 4) is 16.5 Å². The molecule has 0 bridgehead atoms. The van der Waals surface area contributed by atoms with Crippen molar-refractivity contribution >= 4 is 17.3 Å². The van der Waals surface area contributed by atoms with E-state index in [1.165, 1.54) is 4.88 Å². The zero-order valence-electron chi connectivity index (χ0n) is 17.2. The monoisotopic (exact) mass is 426 g/mol. The van der Waals surface area contributed by atoms with E-state index in [1.807, 2.05) is 42.7 Å². The van der Waals surface area contributed by atoms with Gasteiger partial charge in [-0.05, 0) is 48.7 Å². The van der Waals surface area contributed by atoms with Gasteiger partial charge in [0.15, 0.2) is 11.9 Å². The summed E-state index contributed by atoms with van der Waals surface area (Å²) in [6.07, 6.45) is 4.99. The van der Waals surface area contributed by atoms with E-state index in [0.717, 1.165) is 40.4 Å². The summed E-state index contributed by atoms with van der Waals surface area (Å²) in [4.78, 5) is 22.3. The van der Waals surface area contributed by atoms with Crippen LogP contribution in [0.4, 0.5) is 0 Å². The van der Waals surface area contributed by atoms with Crippen LogP contribution in [0.5, 0.6) is 5.75 Å². The molecule has 1 N–H and O–H groups in total. The molecule has 30 heavy (non-hydrogen) atoms. The minimum absolute atomic E-state index is 0.336. The number of benzene rings is 1. The van der Waals surface area contributed by atoms with Crippen LogP contribution in [0.2, 0.25) is 0 Å². The molecule has 3 aromatic rings. The lowest BCUT2D eigenvalue weighted by atomic mass is 10.1. The molecule has 0 saturated heterocycles. The molecule has 2 heterocycles. The molecular formula is C23H26N2O4S. The first-order valence-corrected chi connectivity index (χ1v) is 10.9. The third-order valence-electron chi connectivity index (χ3n) is 4.60.